The number of nitrogens with zero attached hydrogens (tertiary/aromatic N) is 1. The summed E-state index contributed by atoms with van der Waals surface area (Å²) in [6, 6.07) is 14.1. The zero-order chi connectivity index (χ0) is 21.2. The van der Waals surface area contributed by atoms with Gasteiger partial charge in [0.1, 0.15) is 16.8 Å². The third-order valence-electron chi connectivity index (χ3n) is 3.70. The van der Waals surface area contributed by atoms with Gasteiger partial charge in [-0.15, -0.1) is 0 Å². The first-order chi connectivity index (χ1) is 14.0. The Bertz CT molecular complexity index is 967. The number of nitrogens with two attached hydrogens (primary N) is 1. The quantitative estimate of drug-likeness (QED) is 0.370. The number of nitriles is 1. The molecule has 2 rings (SSSR count). The summed E-state index contributed by atoms with van der Waals surface area (Å²) < 4.78 is 16.4. The molecule has 0 aliphatic carbocycles. The maximum absolute atomic E-state index is 12.3. The van der Waals surface area contributed by atoms with E-state index >= 15 is 0 Å². The summed E-state index contributed by atoms with van der Waals surface area (Å²) in [7, 11) is 1.48. The summed E-state index contributed by atoms with van der Waals surface area (Å²) in [6.07, 6.45) is 1.55. The van der Waals surface area contributed by atoms with Crippen LogP contribution in [0.15, 0.2) is 48.0 Å². The van der Waals surface area contributed by atoms with Gasteiger partial charge in [-0.1, -0.05) is 30.4 Å². The molecule has 8 heteroatoms. The molecule has 0 spiro atoms. The van der Waals surface area contributed by atoms with Crippen LogP contribution in [0.1, 0.15) is 12.5 Å². The highest BCUT2D eigenvalue weighted by Crippen LogP contribution is 2.29. The summed E-state index contributed by atoms with van der Waals surface area (Å²) in [5.41, 5.74) is 6.91. The average Bonchev–Trinajstić information content (AvgIpc) is 2.72. The number of amides is 1. The SMILES string of the molecule is CCOc1ccccc1NC(=O)COc1ccc(/C=C(\C#N)C(N)=S)cc1OC. The fourth-order valence-electron chi connectivity index (χ4n) is 2.40. The van der Waals surface area contributed by atoms with Crippen molar-refractivity contribution in [3.63, 3.8) is 0 Å². The molecule has 0 unspecified atom stereocenters. The van der Waals surface area contributed by atoms with Crippen molar-refractivity contribution in [1.82, 2.24) is 0 Å². The lowest BCUT2D eigenvalue weighted by molar-refractivity contribution is -0.118. The van der Waals surface area contributed by atoms with Crippen LogP contribution in [0.2, 0.25) is 0 Å². The number of nitrogens with one attached hydrogen (secondary N) is 1. The van der Waals surface area contributed by atoms with Gasteiger partial charge in [0.25, 0.3) is 5.91 Å². The van der Waals surface area contributed by atoms with Gasteiger partial charge in [0.2, 0.25) is 0 Å². The van der Waals surface area contributed by atoms with E-state index in [1.807, 2.05) is 19.1 Å². The minimum absolute atomic E-state index is 0.01000. The molecule has 2 aromatic rings. The fraction of sp³-hybridized carbons (Fsp3) is 0.190. The zero-order valence-corrected chi connectivity index (χ0v) is 16.9. The molecule has 29 heavy (non-hydrogen) atoms. The minimum atomic E-state index is -0.344. The van der Waals surface area contributed by atoms with Crippen LogP contribution in [0.5, 0.6) is 17.2 Å². The number of para-hydroxylation sites is 2. The van der Waals surface area contributed by atoms with Gasteiger partial charge in [-0.25, -0.2) is 0 Å². The number of carbonyl (C=O) groups is 1. The smallest absolute Gasteiger partial charge is 0.262 e. The molecule has 2 aromatic carbocycles. The first kappa shape index (κ1) is 21.7. The molecule has 0 heterocycles. The van der Waals surface area contributed by atoms with Crippen LogP contribution in [-0.2, 0) is 4.79 Å². The van der Waals surface area contributed by atoms with Gasteiger partial charge in [-0.05, 0) is 42.8 Å². The largest absolute Gasteiger partial charge is 0.493 e. The molecular weight excluding hydrogens is 390 g/mol. The van der Waals surface area contributed by atoms with Crippen LogP contribution in [-0.4, -0.2) is 31.2 Å². The molecule has 7 nitrogen and oxygen atoms in total. The molecule has 150 valence electrons. The van der Waals surface area contributed by atoms with Crippen LogP contribution < -0.4 is 25.3 Å². The minimum Gasteiger partial charge on any atom is -0.493 e. The zero-order valence-electron chi connectivity index (χ0n) is 16.1. The molecule has 0 aromatic heterocycles. The molecule has 0 bridgehead atoms. The Balaban J connectivity index is 2.08. The Labute approximate surface area is 174 Å². The molecule has 1 amide bonds. The number of thiocarbonyl (C=S) groups is 1. The Hall–Kier alpha value is -3.57. The van der Waals surface area contributed by atoms with Gasteiger partial charge >= 0.3 is 0 Å². The van der Waals surface area contributed by atoms with Crippen molar-refractivity contribution < 1.29 is 19.0 Å². The van der Waals surface area contributed by atoms with Gasteiger partial charge in [-0.2, -0.15) is 5.26 Å². The summed E-state index contributed by atoms with van der Waals surface area (Å²) in [4.78, 5) is 12.3. The van der Waals surface area contributed by atoms with E-state index in [2.05, 4.69) is 5.32 Å². The van der Waals surface area contributed by atoms with Crippen molar-refractivity contribution in [2.45, 2.75) is 6.92 Å². The topological polar surface area (TPSA) is 107 Å². The van der Waals surface area contributed by atoms with E-state index in [9.17, 15) is 4.79 Å². The maximum atomic E-state index is 12.3. The van der Waals surface area contributed by atoms with Crippen LogP contribution in [0.25, 0.3) is 6.08 Å². The number of methoxy groups -OCH3 is 1. The van der Waals surface area contributed by atoms with Crippen molar-refractivity contribution in [1.29, 1.82) is 5.26 Å². The van der Waals surface area contributed by atoms with Gasteiger partial charge in [0.05, 0.1) is 25.0 Å². The van der Waals surface area contributed by atoms with Gasteiger partial charge in [0.15, 0.2) is 18.1 Å². The molecule has 0 saturated carbocycles. The molecule has 0 saturated heterocycles. The Morgan fingerprint density at radius 1 is 1.21 bits per heavy atom. The Kier molecular flexibility index (Phi) is 8.00. The molecular formula is C21H21N3O4S. The third-order valence-corrected chi connectivity index (χ3v) is 3.92. The van der Waals surface area contributed by atoms with Crippen molar-refractivity contribution >= 4 is 34.9 Å². The van der Waals surface area contributed by atoms with E-state index in [1.165, 1.54) is 7.11 Å². The van der Waals surface area contributed by atoms with Crippen molar-refractivity contribution in [2.24, 2.45) is 5.73 Å². The molecule has 3 N–H and O–H groups in total. The van der Waals surface area contributed by atoms with Crippen LogP contribution in [0.4, 0.5) is 5.69 Å². The first-order valence-electron chi connectivity index (χ1n) is 8.72. The van der Waals surface area contributed by atoms with Crippen molar-refractivity contribution in [2.75, 3.05) is 25.6 Å². The van der Waals surface area contributed by atoms with Gasteiger partial charge in [0, 0.05) is 0 Å². The van der Waals surface area contributed by atoms with E-state index in [0.717, 1.165) is 0 Å². The lowest BCUT2D eigenvalue weighted by Crippen LogP contribution is -2.20. The lowest BCUT2D eigenvalue weighted by atomic mass is 10.1. The van der Waals surface area contributed by atoms with E-state index in [0.29, 0.717) is 35.1 Å². The van der Waals surface area contributed by atoms with Gasteiger partial charge in [-0.3, -0.25) is 4.79 Å². The number of anilines is 1. The maximum Gasteiger partial charge on any atom is 0.262 e. The number of benzene rings is 2. The summed E-state index contributed by atoms with van der Waals surface area (Å²) >= 11 is 4.83. The fourth-order valence-corrected chi connectivity index (χ4v) is 2.50. The number of hydrogen-bond donors (Lipinski definition) is 2. The highest BCUT2D eigenvalue weighted by Gasteiger charge is 2.11. The number of ether oxygens (including phenoxy) is 3. The predicted octanol–water partition coefficient (Wildman–Crippen LogP) is 3.30. The molecule has 0 atom stereocenters. The van der Waals surface area contributed by atoms with Gasteiger partial charge < -0.3 is 25.3 Å². The standard InChI is InChI=1S/C21H21N3O4S/c1-3-27-17-7-5-4-6-16(17)24-20(25)13-28-18-9-8-14(11-19(18)26-2)10-15(12-22)21(23)29/h4-11H,3,13H2,1-2H3,(H2,23,29)(H,24,25)/b15-10+. The first-order valence-corrected chi connectivity index (χ1v) is 9.13. The molecule has 0 aliphatic rings. The highest BCUT2D eigenvalue weighted by atomic mass is 32.1. The van der Waals surface area contributed by atoms with E-state index in [-0.39, 0.29) is 23.1 Å². The number of carbonyl (C=O) groups excluding carboxylic acids is 1. The van der Waals surface area contributed by atoms with Crippen LogP contribution in [0.3, 0.4) is 0 Å². The number of hydrogen-bond acceptors (Lipinski definition) is 6. The van der Waals surface area contributed by atoms with Crippen molar-refractivity contribution in [3.05, 3.63) is 53.6 Å². The van der Waals surface area contributed by atoms with Crippen molar-refractivity contribution in [3.8, 4) is 23.3 Å². The van der Waals surface area contributed by atoms with E-state index in [4.69, 9.17) is 37.4 Å². The summed E-state index contributed by atoms with van der Waals surface area (Å²) in [5, 5.41) is 11.8. The van der Waals surface area contributed by atoms with E-state index in [1.54, 1.807) is 42.5 Å². The Morgan fingerprint density at radius 2 is 1.97 bits per heavy atom. The average molecular weight is 411 g/mol. The third kappa shape index (κ3) is 6.23. The summed E-state index contributed by atoms with van der Waals surface area (Å²) in [5.74, 6) is 1.03. The van der Waals surface area contributed by atoms with Crippen LogP contribution in [0, 0.1) is 11.3 Å². The monoisotopic (exact) mass is 411 g/mol. The predicted molar refractivity (Wildman–Crippen MR) is 115 cm³/mol. The second-order valence-corrected chi connectivity index (χ2v) is 6.15. The van der Waals surface area contributed by atoms with Crippen LogP contribution >= 0.6 is 12.2 Å². The lowest BCUT2D eigenvalue weighted by Gasteiger charge is -2.13. The second-order valence-electron chi connectivity index (χ2n) is 5.71. The molecule has 0 fully saturated rings. The molecule has 0 radical (unpaired) electrons. The van der Waals surface area contributed by atoms with E-state index < -0.39 is 0 Å². The Morgan fingerprint density at radius 3 is 2.62 bits per heavy atom. The number of rotatable bonds is 9. The summed E-state index contributed by atoms with van der Waals surface area (Å²) in [6.45, 7) is 2.14. The second kappa shape index (κ2) is 10.7. The molecule has 0 aliphatic heterocycles. The highest BCUT2D eigenvalue weighted by molar-refractivity contribution is 7.80. The normalized spacial score (nSPS) is 10.6.